The SMILES string of the molecule is CCOC(=O)c1ccccc1NC(=O)C1CC(=O)N(CCc2ccc(F)cc2)C1. The predicted molar refractivity (Wildman–Crippen MR) is 106 cm³/mol. The first-order chi connectivity index (χ1) is 14.0. The van der Waals surface area contributed by atoms with Gasteiger partial charge in [0.05, 0.1) is 23.8 Å². The number of esters is 1. The summed E-state index contributed by atoms with van der Waals surface area (Å²) in [6.07, 6.45) is 0.711. The highest BCUT2D eigenvalue weighted by Crippen LogP contribution is 2.22. The zero-order valence-electron chi connectivity index (χ0n) is 16.2. The average molecular weight is 398 g/mol. The number of para-hydroxylation sites is 1. The third-order valence-corrected chi connectivity index (χ3v) is 4.85. The molecule has 0 aromatic heterocycles. The lowest BCUT2D eigenvalue weighted by molar-refractivity contribution is -0.128. The second-order valence-electron chi connectivity index (χ2n) is 6.87. The van der Waals surface area contributed by atoms with Gasteiger partial charge in [0.25, 0.3) is 0 Å². The molecule has 2 amide bonds. The van der Waals surface area contributed by atoms with E-state index in [4.69, 9.17) is 4.74 Å². The molecule has 0 bridgehead atoms. The number of halogens is 1. The summed E-state index contributed by atoms with van der Waals surface area (Å²) in [5.41, 5.74) is 1.57. The van der Waals surface area contributed by atoms with Crippen molar-refractivity contribution in [1.29, 1.82) is 0 Å². The van der Waals surface area contributed by atoms with Gasteiger partial charge in [-0.05, 0) is 43.2 Å². The van der Waals surface area contributed by atoms with Gasteiger partial charge >= 0.3 is 5.97 Å². The number of rotatable bonds is 7. The van der Waals surface area contributed by atoms with Crippen molar-refractivity contribution in [1.82, 2.24) is 4.90 Å². The van der Waals surface area contributed by atoms with Crippen LogP contribution in [-0.4, -0.2) is 42.4 Å². The first-order valence-electron chi connectivity index (χ1n) is 9.57. The normalized spacial score (nSPS) is 16.0. The Kier molecular flexibility index (Phi) is 6.59. The maximum Gasteiger partial charge on any atom is 0.340 e. The molecule has 7 heteroatoms. The van der Waals surface area contributed by atoms with Crippen molar-refractivity contribution in [3.63, 3.8) is 0 Å². The highest BCUT2D eigenvalue weighted by Gasteiger charge is 2.34. The topological polar surface area (TPSA) is 75.7 Å². The fraction of sp³-hybridized carbons (Fsp3) is 0.318. The lowest BCUT2D eigenvalue weighted by Gasteiger charge is -2.17. The number of hydrogen-bond acceptors (Lipinski definition) is 4. The lowest BCUT2D eigenvalue weighted by atomic mass is 10.1. The number of carbonyl (C=O) groups is 3. The van der Waals surface area contributed by atoms with Gasteiger partial charge in [0.2, 0.25) is 11.8 Å². The highest BCUT2D eigenvalue weighted by atomic mass is 19.1. The number of amides is 2. The fourth-order valence-corrected chi connectivity index (χ4v) is 3.29. The molecule has 1 saturated heterocycles. The third-order valence-electron chi connectivity index (χ3n) is 4.85. The van der Waals surface area contributed by atoms with E-state index in [1.807, 2.05) is 0 Å². The zero-order chi connectivity index (χ0) is 20.8. The first-order valence-corrected chi connectivity index (χ1v) is 9.57. The molecule has 2 aromatic carbocycles. The van der Waals surface area contributed by atoms with Gasteiger partial charge in [-0.1, -0.05) is 24.3 Å². The van der Waals surface area contributed by atoms with Gasteiger partial charge in [-0.2, -0.15) is 0 Å². The quantitative estimate of drug-likeness (QED) is 0.728. The first kappa shape index (κ1) is 20.5. The molecule has 152 valence electrons. The van der Waals surface area contributed by atoms with E-state index in [-0.39, 0.29) is 36.2 Å². The van der Waals surface area contributed by atoms with Crippen LogP contribution in [0.3, 0.4) is 0 Å². The summed E-state index contributed by atoms with van der Waals surface area (Å²) in [6, 6.07) is 12.8. The molecule has 0 aliphatic carbocycles. The Labute approximate surface area is 168 Å². The van der Waals surface area contributed by atoms with Gasteiger partial charge < -0.3 is 15.0 Å². The summed E-state index contributed by atoms with van der Waals surface area (Å²) >= 11 is 0. The fourth-order valence-electron chi connectivity index (χ4n) is 3.29. The van der Waals surface area contributed by atoms with Crippen LogP contribution >= 0.6 is 0 Å². The Morgan fingerprint density at radius 3 is 2.62 bits per heavy atom. The van der Waals surface area contributed by atoms with Crippen molar-refractivity contribution in [2.24, 2.45) is 5.92 Å². The standard InChI is InChI=1S/C22H23FN2O4/c1-2-29-22(28)18-5-3-4-6-19(18)24-21(27)16-13-20(26)25(14-16)12-11-15-7-9-17(23)10-8-15/h3-10,16H,2,11-14H2,1H3,(H,24,27). The molecular weight excluding hydrogens is 375 g/mol. The molecule has 29 heavy (non-hydrogen) atoms. The molecule has 1 aliphatic heterocycles. The number of carbonyl (C=O) groups excluding carboxylic acids is 3. The summed E-state index contributed by atoms with van der Waals surface area (Å²) in [5.74, 6) is -1.70. The van der Waals surface area contributed by atoms with E-state index in [9.17, 15) is 18.8 Å². The summed E-state index contributed by atoms with van der Waals surface area (Å²) in [7, 11) is 0. The molecule has 1 atom stereocenters. The number of anilines is 1. The number of nitrogens with zero attached hydrogens (tertiary/aromatic N) is 1. The lowest BCUT2D eigenvalue weighted by Crippen LogP contribution is -2.30. The van der Waals surface area contributed by atoms with E-state index >= 15 is 0 Å². The van der Waals surface area contributed by atoms with Crippen molar-refractivity contribution in [2.45, 2.75) is 19.8 Å². The van der Waals surface area contributed by atoms with Gasteiger partial charge in [0.15, 0.2) is 0 Å². The molecule has 1 heterocycles. The smallest absolute Gasteiger partial charge is 0.340 e. The monoisotopic (exact) mass is 398 g/mol. The predicted octanol–water partition coefficient (Wildman–Crippen LogP) is 3.03. The average Bonchev–Trinajstić information content (AvgIpc) is 3.09. The number of ether oxygens (including phenoxy) is 1. The Balaban J connectivity index is 1.59. The second kappa shape index (κ2) is 9.32. The highest BCUT2D eigenvalue weighted by molar-refractivity contribution is 6.03. The van der Waals surface area contributed by atoms with Gasteiger partial charge in [0, 0.05) is 19.5 Å². The Bertz CT molecular complexity index is 898. The molecule has 0 radical (unpaired) electrons. The number of benzene rings is 2. The second-order valence-corrected chi connectivity index (χ2v) is 6.87. The van der Waals surface area contributed by atoms with Crippen LogP contribution in [0.5, 0.6) is 0 Å². The van der Waals surface area contributed by atoms with E-state index in [0.29, 0.717) is 25.2 Å². The molecular formula is C22H23FN2O4. The molecule has 1 aliphatic rings. The number of hydrogen-bond donors (Lipinski definition) is 1. The largest absolute Gasteiger partial charge is 0.462 e. The minimum atomic E-state index is -0.508. The van der Waals surface area contributed by atoms with Crippen molar-refractivity contribution >= 4 is 23.5 Å². The third kappa shape index (κ3) is 5.19. The maximum absolute atomic E-state index is 13.0. The van der Waals surface area contributed by atoms with Crippen LogP contribution in [0.2, 0.25) is 0 Å². The maximum atomic E-state index is 13.0. The Hall–Kier alpha value is -3.22. The summed E-state index contributed by atoms with van der Waals surface area (Å²) in [5, 5.41) is 2.75. The number of likely N-dealkylation sites (tertiary alicyclic amines) is 1. The molecule has 6 nitrogen and oxygen atoms in total. The van der Waals surface area contributed by atoms with E-state index in [1.54, 1.807) is 48.2 Å². The van der Waals surface area contributed by atoms with Gasteiger partial charge in [-0.25, -0.2) is 9.18 Å². The number of nitrogens with one attached hydrogen (secondary N) is 1. The zero-order valence-corrected chi connectivity index (χ0v) is 16.2. The molecule has 0 saturated carbocycles. The van der Waals surface area contributed by atoms with E-state index in [0.717, 1.165) is 5.56 Å². The molecule has 2 aromatic rings. The van der Waals surface area contributed by atoms with Gasteiger partial charge in [-0.3, -0.25) is 9.59 Å². The molecule has 1 fully saturated rings. The van der Waals surface area contributed by atoms with Crippen molar-refractivity contribution in [2.75, 3.05) is 25.0 Å². The van der Waals surface area contributed by atoms with Crippen LogP contribution in [-0.2, 0) is 20.7 Å². The summed E-state index contributed by atoms with van der Waals surface area (Å²) in [6.45, 7) is 2.73. The summed E-state index contributed by atoms with van der Waals surface area (Å²) < 4.78 is 18.0. The van der Waals surface area contributed by atoms with Gasteiger partial charge in [0.1, 0.15) is 5.82 Å². The van der Waals surface area contributed by atoms with E-state index in [2.05, 4.69) is 5.32 Å². The minimum absolute atomic E-state index is 0.0917. The van der Waals surface area contributed by atoms with E-state index < -0.39 is 11.9 Å². The van der Waals surface area contributed by atoms with Crippen LogP contribution < -0.4 is 5.32 Å². The van der Waals surface area contributed by atoms with Crippen molar-refractivity contribution in [3.05, 3.63) is 65.5 Å². The molecule has 1 unspecified atom stereocenters. The van der Waals surface area contributed by atoms with Crippen LogP contribution in [0.25, 0.3) is 0 Å². The van der Waals surface area contributed by atoms with Crippen molar-refractivity contribution in [3.8, 4) is 0 Å². The van der Waals surface area contributed by atoms with Crippen LogP contribution in [0.4, 0.5) is 10.1 Å². The molecule has 3 rings (SSSR count). The van der Waals surface area contributed by atoms with Crippen LogP contribution in [0.15, 0.2) is 48.5 Å². The van der Waals surface area contributed by atoms with Gasteiger partial charge in [-0.15, -0.1) is 0 Å². The molecule has 1 N–H and O–H groups in total. The Morgan fingerprint density at radius 2 is 1.90 bits per heavy atom. The van der Waals surface area contributed by atoms with E-state index in [1.165, 1.54) is 12.1 Å². The molecule has 0 spiro atoms. The minimum Gasteiger partial charge on any atom is -0.462 e. The van der Waals surface area contributed by atoms with Crippen LogP contribution in [0.1, 0.15) is 29.3 Å². The Morgan fingerprint density at radius 1 is 1.17 bits per heavy atom. The summed E-state index contributed by atoms with van der Waals surface area (Å²) in [4.78, 5) is 38.7. The van der Waals surface area contributed by atoms with Crippen LogP contribution in [0, 0.1) is 11.7 Å². The van der Waals surface area contributed by atoms with Crippen molar-refractivity contribution < 1.29 is 23.5 Å².